The van der Waals surface area contributed by atoms with Crippen LogP contribution < -0.4 is 11.1 Å². The number of carbonyl (C=O) groups excluding carboxylic acids is 1. The molecular weight excluding hydrogens is 198 g/mol. The van der Waals surface area contributed by atoms with Crippen LogP contribution in [-0.4, -0.2) is 37.2 Å². The van der Waals surface area contributed by atoms with E-state index in [1.807, 2.05) is 0 Å². The molecule has 0 aliphatic heterocycles. The highest BCUT2D eigenvalue weighted by Crippen LogP contribution is 1.86. The lowest BCUT2D eigenvalue weighted by atomic mass is 10.3. The third-order valence-electron chi connectivity index (χ3n) is 1.29. The van der Waals surface area contributed by atoms with Crippen molar-refractivity contribution in [1.82, 2.24) is 5.32 Å². The molecule has 4 N–H and O–H groups in total. The van der Waals surface area contributed by atoms with Gasteiger partial charge in [-0.3, -0.25) is 9.35 Å². The Morgan fingerprint density at radius 3 is 2.62 bits per heavy atom. The molecule has 0 unspecified atom stereocenters. The first-order chi connectivity index (χ1) is 5.83. The summed E-state index contributed by atoms with van der Waals surface area (Å²) in [6.07, 6.45) is 0.178. The van der Waals surface area contributed by atoms with E-state index in [0.29, 0.717) is 0 Å². The molecule has 7 heteroatoms. The highest BCUT2D eigenvalue weighted by atomic mass is 32.2. The van der Waals surface area contributed by atoms with Gasteiger partial charge in [-0.1, -0.05) is 0 Å². The first kappa shape index (κ1) is 12.3. The van der Waals surface area contributed by atoms with Crippen LogP contribution in [0.1, 0.15) is 13.3 Å². The standard InChI is InChI=1S/C6H14N2O4S/c1-5(7)6(9)8-3-2-4-13(10,11)12/h5H,2-4,7H2,1H3,(H,8,9)(H,10,11,12)/t5-/m0/s1/i9+2. The van der Waals surface area contributed by atoms with Gasteiger partial charge in [0.1, 0.15) is 0 Å². The predicted octanol–water partition coefficient (Wildman–Crippen LogP) is -1.27. The lowest BCUT2D eigenvalue weighted by Gasteiger charge is -2.06. The molecule has 1 atom stereocenters. The highest BCUT2D eigenvalue weighted by molar-refractivity contribution is 7.85. The SMILES string of the molecule is C[C@H](N)C(=[18O])NCCCS(=O)(=O)O. The lowest BCUT2D eigenvalue weighted by molar-refractivity contribution is -0.121. The molecular formula is C6H14N2O4S. The van der Waals surface area contributed by atoms with Gasteiger partial charge < -0.3 is 11.1 Å². The van der Waals surface area contributed by atoms with Crippen LogP contribution in [0.4, 0.5) is 0 Å². The minimum Gasteiger partial charge on any atom is -0.355 e. The van der Waals surface area contributed by atoms with Crippen molar-refractivity contribution in [2.24, 2.45) is 5.73 Å². The summed E-state index contributed by atoms with van der Waals surface area (Å²) < 4.78 is 28.8. The number of hydrogen-bond acceptors (Lipinski definition) is 4. The Balaban J connectivity index is 3.53. The maximum Gasteiger partial charge on any atom is 0.264 e. The normalized spacial score (nSPS) is 13.8. The largest absolute Gasteiger partial charge is 0.355 e. The lowest BCUT2D eigenvalue weighted by Crippen LogP contribution is -2.39. The molecule has 0 bridgehead atoms. The molecule has 0 spiro atoms. The van der Waals surface area contributed by atoms with Crippen molar-refractivity contribution >= 4 is 16.0 Å². The van der Waals surface area contributed by atoms with Gasteiger partial charge in [0.25, 0.3) is 10.1 Å². The molecule has 0 aliphatic rings. The van der Waals surface area contributed by atoms with Gasteiger partial charge in [0.2, 0.25) is 5.91 Å². The maximum atomic E-state index is 10.8. The van der Waals surface area contributed by atoms with Gasteiger partial charge in [-0.15, -0.1) is 0 Å². The van der Waals surface area contributed by atoms with Crippen molar-refractivity contribution in [3.63, 3.8) is 0 Å². The van der Waals surface area contributed by atoms with E-state index in [9.17, 15) is 13.2 Å². The van der Waals surface area contributed by atoms with Gasteiger partial charge in [0.15, 0.2) is 0 Å². The third-order valence-corrected chi connectivity index (χ3v) is 2.10. The van der Waals surface area contributed by atoms with Crippen LogP contribution in [-0.2, 0) is 14.9 Å². The zero-order valence-corrected chi connectivity index (χ0v) is 8.17. The summed E-state index contributed by atoms with van der Waals surface area (Å²) >= 11 is 0. The molecule has 13 heavy (non-hydrogen) atoms. The van der Waals surface area contributed by atoms with Crippen molar-refractivity contribution < 1.29 is 17.8 Å². The minimum atomic E-state index is -3.92. The quantitative estimate of drug-likeness (QED) is 0.299. The summed E-state index contributed by atoms with van der Waals surface area (Å²) in [5, 5.41) is 2.42. The molecule has 0 saturated carbocycles. The number of rotatable bonds is 5. The van der Waals surface area contributed by atoms with E-state index < -0.39 is 16.2 Å². The molecule has 0 saturated heterocycles. The maximum absolute atomic E-state index is 10.8. The second kappa shape index (κ2) is 5.15. The van der Waals surface area contributed by atoms with E-state index in [4.69, 9.17) is 10.3 Å². The topological polar surface area (TPSA) is 109 Å². The van der Waals surface area contributed by atoms with E-state index >= 15 is 0 Å². The van der Waals surface area contributed by atoms with E-state index in [-0.39, 0.29) is 24.6 Å². The number of nitrogens with two attached hydrogens (primary N) is 1. The molecule has 78 valence electrons. The average Bonchev–Trinajstić information content (AvgIpc) is 1.95. The second-order valence-corrected chi connectivity index (χ2v) is 4.29. The monoisotopic (exact) mass is 212 g/mol. The Kier molecular flexibility index (Phi) is 4.89. The summed E-state index contributed by atoms with van der Waals surface area (Å²) in [7, 11) is -3.92. The van der Waals surface area contributed by atoms with Crippen LogP contribution in [0.3, 0.4) is 0 Å². The van der Waals surface area contributed by atoms with E-state index in [2.05, 4.69) is 5.32 Å². The Morgan fingerprint density at radius 1 is 1.69 bits per heavy atom. The van der Waals surface area contributed by atoms with Gasteiger partial charge in [0.05, 0.1) is 11.8 Å². The zero-order chi connectivity index (χ0) is 10.5. The van der Waals surface area contributed by atoms with Crippen molar-refractivity contribution in [3.05, 3.63) is 0 Å². The number of carbonyl (C=O) groups is 1. The molecule has 0 rings (SSSR count). The van der Waals surface area contributed by atoms with Crippen molar-refractivity contribution in [2.75, 3.05) is 12.3 Å². The molecule has 0 heterocycles. The van der Waals surface area contributed by atoms with Crippen molar-refractivity contribution in [3.8, 4) is 0 Å². The van der Waals surface area contributed by atoms with Crippen molar-refractivity contribution in [2.45, 2.75) is 19.4 Å². The smallest absolute Gasteiger partial charge is 0.264 e. The van der Waals surface area contributed by atoms with Crippen molar-refractivity contribution in [1.29, 1.82) is 0 Å². The summed E-state index contributed by atoms with van der Waals surface area (Å²) in [5.74, 6) is -0.693. The fourth-order valence-electron chi connectivity index (χ4n) is 0.627. The minimum absolute atomic E-state index is 0.178. The third kappa shape index (κ3) is 7.69. The molecule has 0 radical (unpaired) electrons. The van der Waals surface area contributed by atoms with Crippen LogP contribution in [0.5, 0.6) is 0 Å². The first-order valence-corrected chi connectivity index (χ1v) is 5.42. The number of hydrogen-bond donors (Lipinski definition) is 3. The fraction of sp³-hybridized carbons (Fsp3) is 0.833. The fourth-order valence-corrected chi connectivity index (χ4v) is 1.14. The van der Waals surface area contributed by atoms with Crippen LogP contribution in [0.25, 0.3) is 0 Å². The highest BCUT2D eigenvalue weighted by Gasteiger charge is 2.07. The molecule has 1 amide bonds. The van der Waals surface area contributed by atoms with E-state index in [0.717, 1.165) is 0 Å². The number of amides is 1. The first-order valence-electron chi connectivity index (χ1n) is 3.81. The van der Waals surface area contributed by atoms with E-state index in [1.165, 1.54) is 6.92 Å². The zero-order valence-electron chi connectivity index (χ0n) is 7.36. The average molecular weight is 212 g/mol. The summed E-state index contributed by atoms with van der Waals surface area (Å²) in [6.45, 7) is 1.72. The van der Waals surface area contributed by atoms with Gasteiger partial charge in [0, 0.05) is 6.54 Å². The van der Waals surface area contributed by atoms with Crippen LogP contribution in [0.2, 0.25) is 0 Å². The molecule has 0 fully saturated rings. The summed E-state index contributed by atoms with van der Waals surface area (Å²) in [6, 6.07) is -0.606. The van der Waals surface area contributed by atoms with Gasteiger partial charge >= 0.3 is 0 Å². The van der Waals surface area contributed by atoms with Crippen LogP contribution in [0, 0.1) is 0 Å². The Bertz CT molecular complexity index is 260. The predicted molar refractivity (Wildman–Crippen MR) is 47.7 cm³/mol. The van der Waals surface area contributed by atoms with Crippen LogP contribution >= 0.6 is 0 Å². The summed E-state index contributed by atoms with van der Waals surface area (Å²) in [5.41, 5.74) is 5.22. The Labute approximate surface area is 77.2 Å². The van der Waals surface area contributed by atoms with E-state index in [1.54, 1.807) is 0 Å². The van der Waals surface area contributed by atoms with Gasteiger partial charge in [-0.2, -0.15) is 8.42 Å². The molecule has 0 aromatic heterocycles. The summed E-state index contributed by atoms with van der Waals surface area (Å²) in [4.78, 5) is 10.8. The second-order valence-electron chi connectivity index (χ2n) is 2.72. The van der Waals surface area contributed by atoms with Gasteiger partial charge in [-0.05, 0) is 13.3 Å². The van der Waals surface area contributed by atoms with Crippen LogP contribution in [0.15, 0.2) is 0 Å². The van der Waals surface area contributed by atoms with Gasteiger partial charge in [-0.25, -0.2) is 0 Å². The molecule has 0 aliphatic carbocycles. The molecule has 0 aromatic carbocycles. The molecule has 0 aromatic rings. The Hall–Kier alpha value is -0.660. The number of nitrogens with one attached hydrogen (secondary N) is 1. The Morgan fingerprint density at radius 2 is 2.23 bits per heavy atom. The molecule has 6 nitrogen and oxygen atoms in total.